The Morgan fingerprint density at radius 2 is 1.78 bits per heavy atom. The van der Waals surface area contributed by atoms with Gasteiger partial charge in [-0.25, -0.2) is 4.79 Å². The van der Waals surface area contributed by atoms with Crippen molar-refractivity contribution in [2.24, 2.45) is 5.16 Å². The van der Waals surface area contributed by atoms with Crippen LogP contribution in [0.2, 0.25) is 0 Å². The van der Waals surface area contributed by atoms with Gasteiger partial charge in [0.25, 0.3) is 0 Å². The van der Waals surface area contributed by atoms with Crippen molar-refractivity contribution in [2.75, 3.05) is 13.2 Å². The van der Waals surface area contributed by atoms with Crippen LogP contribution < -0.4 is 4.74 Å². The molecular weight excluding hydrogens is 468 g/mol. The van der Waals surface area contributed by atoms with Crippen LogP contribution in [0.4, 0.5) is 0 Å². The van der Waals surface area contributed by atoms with Crippen molar-refractivity contribution < 1.29 is 24.2 Å². The van der Waals surface area contributed by atoms with E-state index >= 15 is 0 Å². The molecule has 3 aromatic carbocycles. The zero-order valence-corrected chi connectivity index (χ0v) is 21.2. The van der Waals surface area contributed by atoms with Crippen LogP contribution in [0.1, 0.15) is 30.5 Å². The number of carboxylic acid groups (broad SMARTS) is 1. The van der Waals surface area contributed by atoms with Gasteiger partial charge in [-0.3, -0.25) is 0 Å². The normalized spacial score (nSPS) is 12.4. The quantitative estimate of drug-likeness (QED) is 0.188. The molecular formula is C30H32N2O5. The summed E-state index contributed by atoms with van der Waals surface area (Å²) in [5, 5.41) is 14.7. The van der Waals surface area contributed by atoms with Crippen molar-refractivity contribution in [3.63, 3.8) is 0 Å². The van der Waals surface area contributed by atoms with E-state index in [0.29, 0.717) is 32.8 Å². The van der Waals surface area contributed by atoms with Gasteiger partial charge in [0.2, 0.25) is 0 Å². The van der Waals surface area contributed by atoms with Crippen molar-refractivity contribution in [3.05, 3.63) is 102 Å². The zero-order chi connectivity index (χ0) is 26.0. The zero-order valence-electron chi connectivity index (χ0n) is 21.2. The van der Waals surface area contributed by atoms with Gasteiger partial charge < -0.3 is 24.0 Å². The van der Waals surface area contributed by atoms with Crippen LogP contribution in [0.25, 0.3) is 10.9 Å². The lowest BCUT2D eigenvalue weighted by molar-refractivity contribution is -0.149. The number of rotatable bonds is 13. The molecule has 1 heterocycles. The molecule has 4 aromatic rings. The minimum atomic E-state index is -0.952. The van der Waals surface area contributed by atoms with E-state index in [4.69, 9.17) is 14.3 Å². The number of aromatic nitrogens is 1. The van der Waals surface area contributed by atoms with Gasteiger partial charge in [-0.05, 0) is 60.9 Å². The van der Waals surface area contributed by atoms with Crippen LogP contribution in [0.15, 0.2) is 90.2 Å². The Balaban J connectivity index is 1.30. The number of fused-ring (bicyclic) bond motifs is 1. The summed E-state index contributed by atoms with van der Waals surface area (Å²) >= 11 is 0. The van der Waals surface area contributed by atoms with E-state index in [2.05, 4.69) is 40.2 Å². The molecule has 4 rings (SSSR count). The molecule has 0 saturated carbocycles. The molecule has 0 spiro atoms. The van der Waals surface area contributed by atoms with Gasteiger partial charge in [0.15, 0.2) is 6.10 Å². The third kappa shape index (κ3) is 7.21. The van der Waals surface area contributed by atoms with Gasteiger partial charge in [0.1, 0.15) is 19.0 Å². The Hall–Kier alpha value is -4.10. The molecule has 0 bridgehead atoms. The minimum Gasteiger partial charge on any atom is -0.492 e. The Bertz CT molecular complexity index is 1330. The van der Waals surface area contributed by atoms with Crippen molar-refractivity contribution >= 4 is 22.6 Å². The predicted molar refractivity (Wildman–Crippen MR) is 144 cm³/mol. The summed E-state index contributed by atoms with van der Waals surface area (Å²) in [7, 11) is 0. The average Bonchev–Trinajstić information content (AvgIpc) is 3.32. The van der Waals surface area contributed by atoms with E-state index in [1.807, 2.05) is 61.5 Å². The van der Waals surface area contributed by atoms with Crippen molar-refractivity contribution in [1.29, 1.82) is 0 Å². The molecule has 0 aliphatic rings. The highest BCUT2D eigenvalue weighted by Gasteiger charge is 2.17. The van der Waals surface area contributed by atoms with Gasteiger partial charge in [0, 0.05) is 30.1 Å². The summed E-state index contributed by atoms with van der Waals surface area (Å²) < 4.78 is 13.4. The molecule has 0 fully saturated rings. The molecule has 1 aromatic heterocycles. The summed E-state index contributed by atoms with van der Waals surface area (Å²) in [6, 6.07) is 25.8. The van der Waals surface area contributed by atoms with E-state index in [1.54, 1.807) is 6.92 Å². The first-order valence-electron chi connectivity index (χ1n) is 12.4. The number of oxime groups is 1. The summed E-state index contributed by atoms with van der Waals surface area (Å²) in [5.74, 6) is -0.208. The monoisotopic (exact) mass is 500 g/mol. The Labute approximate surface area is 216 Å². The lowest BCUT2D eigenvalue weighted by atomic mass is 10.1. The van der Waals surface area contributed by atoms with Crippen LogP contribution in [-0.4, -0.2) is 40.7 Å². The van der Waals surface area contributed by atoms with E-state index in [0.717, 1.165) is 39.1 Å². The van der Waals surface area contributed by atoms with E-state index < -0.39 is 12.1 Å². The maximum atomic E-state index is 11.3. The minimum absolute atomic E-state index is 0.324. The SMILES string of the molecule is CCOC(Cc1ccc(OCCn2ccc3cc(/C(C)=N/OCc4ccccc4)ccc32)cc1)C(=O)O. The highest BCUT2D eigenvalue weighted by Crippen LogP contribution is 2.20. The number of nitrogens with zero attached hydrogens (tertiary/aromatic N) is 2. The molecule has 7 nitrogen and oxygen atoms in total. The largest absolute Gasteiger partial charge is 0.492 e. The number of carboxylic acids is 1. The molecule has 1 unspecified atom stereocenters. The second-order valence-corrected chi connectivity index (χ2v) is 8.70. The molecule has 0 saturated heterocycles. The number of aliphatic carboxylic acids is 1. The molecule has 1 N–H and O–H groups in total. The molecule has 37 heavy (non-hydrogen) atoms. The molecule has 0 aliphatic heterocycles. The number of ether oxygens (including phenoxy) is 2. The fraction of sp³-hybridized carbons (Fsp3) is 0.267. The maximum absolute atomic E-state index is 11.3. The lowest BCUT2D eigenvalue weighted by Crippen LogP contribution is -2.26. The van der Waals surface area contributed by atoms with Crippen molar-refractivity contribution in [2.45, 2.75) is 39.5 Å². The van der Waals surface area contributed by atoms with Gasteiger partial charge in [-0.2, -0.15) is 0 Å². The fourth-order valence-corrected chi connectivity index (χ4v) is 4.07. The molecule has 7 heteroatoms. The van der Waals surface area contributed by atoms with Crippen LogP contribution in [0, 0.1) is 0 Å². The third-order valence-electron chi connectivity index (χ3n) is 6.05. The number of hydrogen-bond acceptors (Lipinski definition) is 5. The summed E-state index contributed by atoms with van der Waals surface area (Å²) in [5.41, 5.74) is 4.94. The van der Waals surface area contributed by atoms with Gasteiger partial charge >= 0.3 is 5.97 Å². The van der Waals surface area contributed by atoms with Gasteiger partial charge in [-0.15, -0.1) is 0 Å². The summed E-state index contributed by atoms with van der Waals surface area (Å²) in [6.45, 7) is 5.75. The van der Waals surface area contributed by atoms with Crippen LogP contribution in [-0.2, 0) is 33.9 Å². The third-order valence-corrected chi connectivity index (χ3v) is 6.05. The number of benzene rings is 3. The van der Waals surface area contributed by atoms with Crippen LogP contribution in [0.3, 0.4) is 0 Å². The Morgan fingerprint density at radius 1 is 1.00 bits per heavy atom. The smallest absolute Gasteiger partial charge is 0.333 e. The molecule has 1 atom stereocenters. The first-order valence-corrected chi connectivity index (χ1v) is 12.4. The fourth-order valence-electron chi connectivity index (χ4n) is 4.07. The van der Waals surface area contributed by atoms with Crippen LogP contribution in [0.5, 0.6) is 5.75 Å². The molecule has 0 radical (unpaired) electrons. The topological polar surface area (TPSA) is 82.3 Å². The number of carbonyl (C=O) groups is 1. The molecule has 0 aliphatic carbocycles. The first-order chi connectivity index (χ1) is 18.0. The van der Waals surface area contributed by atoms with E-state index in [-0.39, 0.29) is 0 Å². The predicted octanol–water partition coefficient (Wildman–Crippen LogP) is 5.69. The van der Waals surface area contributed by atoms with Crippen molar-refractivity contribution in [3.8, 4) is 5.75 Å². The Kier molecular flexibility index (Phi) is 8.94. The highest BCUT2D eigenvalue weighted by molar-refractivity contribution is 6.01. The standard InChI is InChI=1S/C30H32N2O5/c1-3-35-29(30(33)34)19-23-9-12-27(13-10-23)36-18-17-32-16-15-26-20-25(11-14-28(26)32)22(2)31-37-21-24-7-5-4-6-8-24/h4-16,20,29H,3,17-19,21H2,1-2H3,(H,33,34)/b31-22+. The first kappa shape index (κ1) is 26.0. The van der Waals surface area contributed by atoms with E-state index in [1.165, 1.54) is 0 Å². The lowest BCUT2D eigenvalue weighted by Gasteiger charge is -2.13. The van der Waals surface area contributed by atoms with Crippen molar-refractivity contribution in [1.82, 2.24) is 4.57 Å². The van der Waals surface area contributed by atoms with E-state index in [9.17, 15) is 9.90 Å². The van der Waals surface area contributed by atoms with Gasteiger partial charge in [0.05, 0.1) is 12.3 Å². The summed E-state index contributed by atoms with van der Waals surface area (Å²) in [4.78, 5) is 16.8. The second kappa shape index (κ2) is 12.7. The second-order valence-electron chi connectivity index (χ2n) is 8.70. The highest BCUT2D eigenvalue weighted by atomic mass is 16.6. The molecule has 0 amide bonds. The Morgan fingerprint density at radius 3 is 2.51 bits per heavy atom. The molecule has 192 valence electrons. The maximum Gasteiger partial charge on any atom is 0.333 e. The van der Waals surface area contributed by atoms with Gasteiger partial charge in [-0.1, -0.05) is 53.7 Å². The average molecular weight is 501 g/mol. The summed E-state index contributed by atoms with van der Waals surface area (Å²) in [6.07, 6.45) is 1.54. The van der Waals surface area contributed by atoms with Crippen LogP contribution >= 0.6 is 0 Å². The number of hydrogen-bond donors (Lipinski definition) is 1.